The molecule has 10 nitrogen and oxygen atoms in total. The number of carbonyl (C=O) groups excluding carboxylic acids is 1. The Balaban J connectivity index is 1.51. The lowest BCUT2D eigenvalue weighted by Gasteiger charge is -2.23. The Morgan fingerprint density at radius 2 is 2.33 bits per heavy atom. The quantitative estimate of drug-likeness (QED) is 0.600. The molecule has 0 aromatic carbocycles. The van der Waals surface area contributed by atoms with Crippen molar-refractivity contribution in [1.29, 1.82) is 0 Å². The monoisotopic (exact) mass is 337 g/mol. The number of nitrogens with one attached hydrogen (secondary N) is 1. The third kappa shape index (κ3) is 2.79. The number of urea groups is 1. The Labute approximate surface area is 137 Å². The second kappa shape index (κ2) is 6.10. The lowest BCUT2D eigenvalue weighted by Crippen LogP contribution is -2.42. The molecule has 130 valence electrons. The van der Waals surface area contributed by atoms with Crippen molar-refractivity contribution in [3.8, 4) is 0 Å². The van der Waals surface area contributed by atoms with Crippen LogP contribution in [0, 0.1) is 21.4 Å². The van der Waals surface area contributed by atoms with E-state index in [9.17, 15) is 24.8 Å². The Morgan fingerprint density at radius 1 is 1.54 bits per heavy atom. The molecule has 24 heavy (non-hydrogen) atoms. The second-order valence-electron chi connectivity index (χ2n) is 6.38. The molecule has 1 aromatic heterocycles. The van der Waals surface area contributed by atoms with Gasteiger partial charge in [0.2, 0.25) is 0 Å². The van der Waals surface area contributed by atoms with Gasteiger partial charge in [-0.05, 0) is 18.8 Å². The number of carbonyl (C=O) groups is 2. The molecule has 1 aliphatic carbocycles. The molecule has 2 fully saturated rings. The molecule has 1 aromatic rings. The first-order valence-electron chi connectivity index (χ1n) is 7.85. The van der Waals surface area contributed by atoms with Crippen LogP contribution in [0.1, 0.15) is 19.3 Å². The number of amides is 2. The van der Waals surface area contributed by atoms with Crippen LogP contribution in [0.4, 0.5) is 10.5 Å². The number of nitrogens with zero attached hydrogens (tertiary/aromatic N) is 4. The number of carboxylic acids is 1. The average Bonchev–Trinajstić information content (AvgIpc) is 3.20. The first-order chi connectivity index (χ1) is 11.4. The molecule has 10 heteroatoms. The van der Waals surface area contributed by atoms with Gasteiger partial charge in [0.25, 0.3) is 0 Å². The van der Waals surface area contributed by atoms with E-state index in [1.807, 2.05) is 0 Å². The third-order valence-corrected chi connectivity index (χ3v) is 5.03. The molecule has 3 rings (SSSR count). The Bertz CT molecular complexity index is 674. The van der Waals surface area contributed by atoms with E-state index in [1.165, 1.54) is 10.9 Å². The fourth-order valence-corrected chi connectivity index (χ4v) is 3.75. The fourth-order valence-electron chi connectivity index (χ4n) is 3.75. The Hall–Kier alpha value is -2.65. The predicted molar refractivity (Wildman–Crippen MR) is 81.3 cm³/mol. The van der Waals surface area contributed by atoms with Gasteiger partial charge in [0.05, 0.1) is 16.9 Å². The number of carboxylic acid groups (broad SMARTS) is 1. The zero-order valence-corrected chi connectivity index (χ0v) is 13.1. The van der Waals surface area contributed by atoms with Crippen LogP contribution in [0.25, 0.3) is 0 Å². The number of aliphatic carboxylic acids is 1. The molecule has 2 atom stereocenters. The van der Waals surface area contributed by atoms with Crippen molar-refractivity contribution in [3.63, 3.8) is 0 Å². The summed E-state index contributed by atoms with van der Waals surface area (Å²) in [7, 11) is 0. The minimum atomic E-state index is -0.816. The number of aromatic nitrogens is 2. The molecule has 0 bridgehead atoms. The van der Waals surface area contributed by atoms with Crippen molar-refractivity contribution in [2.75, 3.05) is 19.6 Å². The van der Waals surface area contributed by atoms with Crippen molar-refractivity contribution < 1.29 is 19.6 Å². The van der Waals surface area contributed by atoms with E-state index in [1.54, 1.807) is 4.90 Å². The number of rotatable bonds is 5. The summed E-state index contributed by atoms with van der Waals surface area (Å²) >= 11 is 0. The van der Waals surface area contributed by atoms with Crippen LogP contribution in [0.3, 0.4) is 0 Å². The highest BCUT2D eigenvalue weighted by Crippen LogP contribution is 2.48. The summed E-state index contributed by atoms with van der Waals surface area (Å²) in [6.45, 7) is 1.28. The Morgan fingerprint density at radius 3 is 2.96 bits per heavy atom. The normalized spacial score (nSPS) is 25.5. The van der Waals surface area contributed by atoms with E-state index in [2.05, 4.69) is 10.4 Å². The summed E-state index contributed by atoms with van der Waals surface area (Å²) in [6.07, 6.45) is 4.80. The van der Waals surface area contributed by atoms with Crippen LogP contribution in [0.15, 0.2) is 12.4 Å². The minimum absolute atomic E-state index is 0.0227. The molecule has 2 N–H and O–H groups in total. The molecular weight excluding hydrogens is 318 g/mol. The largest absolute Gasteiger partial charge is 0.481 e. The maximum absolute atomic E-state index is 12.2. The van der Waals surface area contributed by atoms with Gasteiger partial charge in [-0.15, -0.1) is 0 Å². The van der Waals surface area contributed by atoms with Gasteiger partial charge in [0, 0.05) is 19.6 Å². The highest BCUT2D eigenvalue weighted by Gasteiger charge is 2.55. The van der Waals surface area contributed by atoms with E-state index in [4.69, 9.17) is 0 Å². The molecule has 0 unspecified atom stereocenters. The Kier molecular flexibility index (Phi) is 4.12. The second-order valence-corrected chi connectivity index (χ2v) is 6.38. The van der Waals surface area contributed by atoms with Crippen LogP contribution in [0.5, 0.6) is 0 Å². The van der Waals surface area contributed by atoms with Crippen LogP contribution in [0.2, 0.25) is 0 Å². The summed E-state index contributed by atoms with van der Waals surface area (Å²) in [4.78, 5) is 35.4. The molecule has 0 spiro atoms. The SMILES string of the molecule is O=C(NCCn1cc([N+](=O)[O-])cn1)N1C[C@@H]2CCC[C@@]2(C(=O)O)C1. The van der Waals surface area contributed by atoms with E-state index in [-0.39, 0.29) is 30.7 Å². The zero-order valence-electron chi connectivity index (χ0n) is 13.1. The van der Waals surface area contributed by atoms with Crippen molar-refractivity contribution in [3.05, 3.63) is 22.5 Å². The van der Waals surface area contributed by atoms with Gasteiger partial charge in [0.15, 0.2) is 0 Å². The lowest BCUT2D eigenvalue weighted by molar-refractivity contribution is -0.385. The third-order valence-electron chi connectivity index (χ3n) is 5.03. The van der Waals surface area contributed by atoms with Crippen molar-refractivity contribution >= 4 is 17.7 Å². The van der Waals surface area contributed by atoms with Crippen LogP contribution in [-0.4, -0.2) is 56.3 Å². The van der Waals surface area contributed by atoms with Gasteiger partial charge in [-0.2, -0.15) is 5.10 Å². The molecule has 1 saturated carbocycles. The van der Waals surface area contributed by atoms with Gasteiger partial charge in [-0.1, -0.05) is 6.42 Å². The number of hydrogen-bond donors (Lipinski definition) is 2. The standard InChI is InChI=1S/C14H19N5O5/c20-12(21)14-3-1-2-10(14)7-17(9-14)13(22)15-4-5-18-8-11(6-16-18)19(23)24/h6,8,10H,1-5,7,9H2,(H,15,22)(H,20,21)/t10-,14+/m0/s1. The van der Waals surface area contributed by atoms with E-state index in [0.29, 0.717) is 19.5 Å². The maximum Gasteiger partial charge on any atom is 0.317 e. The molecule has 2 aliphatic rings. The van der Waals surface area contributed by atoms with Crippen LogP contribution >= 0.6 is 0 Å². The first-order valence-corrected chi connectivity index (χ1v) is 7.85. The van der Waals surface area contributed by atoms with Gasteiger partial charge >= 0.3 is 17.7 Å². The van der Waals surface area contributed by atoms with E-state index in [0.717, 1.165) is 19.0 Å². The molecule has 1 saturated heterocycles. The molecule has 2 amide bonds. The van der Waals surface area contributed by atoms with Crippen LogP contribution < -0.4 is 5.32 Å². The smallest absolute Gasteiger partial charge is 0.317 e. The predicted octanol–water partition coefficient (Wildman–Crippen LogP) is 0.688. The summed E-state index contributed by atoms with van der Waals surface area (Å²) < 4.78 is 1.38. The highest BCUT2D eigenvalue weighted by molar-refractivity contribution is 5.80. The number of hydrogen-bond acceptors (Lipinski definition) is 5. The summed E-state index contributed by atoms with van der Waals surface area (Å²) in [5.41, 5.74) is -0.892. The zero-order chi connectivity index (χ0) is 17.3. The van der Waals surface area contributed by atoms with Gasteiger partial charge in [0.1, 0.15) is 12.4 Å². The topological polar surface area (TPSA) is 131 Å². The van der Waals surface area contributed by atoms with Gasteiger partial charge in [-0.25, -0.2) is 4.79 Å². The fraction of sp³-hybridized carbons (Fsp3) is 0.643. The van der Waals surface area contributed by atoms with Crippen molar-refractivity contribution in [1.82, 2.24) is 20.0 Å². The van der Waals surface area contributed by atoms with Crippen molar-refractivity contribution in [2.24, 2.45) is 11.3 Å². The summed E-state index contributed by atoms with van der Waals surface area (Å²) in [6, 6.07) is -0.299. The summed E-state index contributed by atoms with van der Waals surface area (Å²) in [5, 5.41) is 26.7. The average molecular weight is 337 g/mol. The lowest BCUT2D eigenvalue weighted by atomic mass is 9.81. The van der Waals surface area contributed by atoms with E-state index >= 15 is 0 Å². The summed E-state index contributed by atoms with van der Waals surface area (Å²) in [5.74, 6) is -0.793. The van der Waals surface area contributed by atoms with Crippen molar-refractivity contribution in [2.45, 2.75) is 25.8 Å². The van der Waals surface area contributed by atoms with Gasteiger partial charge < -0.3 is 15.3 Å². The van der Waals surface area contributed by atoms with Crippen LogP contribution in [-0.2, 0) is 11.3 Å². The first kappa shape index (κ1) is 16.2. The van der Waals surface area contributed by atoms with E-state index < -0.39 is 16.3 Å². The van der Waals surface area contributed by atoms with Gasteiger partial charge in [-0.3, -0.25) is 19.6 Å². The molecule has 1 aliphatic heterocycles. The maximum atomic E-state index is 12.2. The molecular formula is C14H19N5O5. The number of nitro groups is 1. The number of fused-ring (bicyclic) bond motifs is 1. The molecule has 0 radical (unpaired) electrons. The minimum Gasteiger partial charge on any atom is -0.481 e. The molecule has 2 heterocycles. The number of likely N-dealkylation sites (tertiary alicyclic amines) is 1. The highest BCUT2D eigenvalue weighted by atomic mass is 16.6.